The van der Waals surface area contributed by atoms with Crippen LogP contribution >= 0.6 is 23.1 Å². The van der Waals surface area contributed by atoms with Gasteiger partial charge in [0.25, 0.3) is 5.56 Å². The molecule has 3 aromatic rings. The van der Waals surface area contributed by atoms with Crippen LogP contribution in [0.3, 0.4) is 0 Å². The van der Waals surface area contributed by atoms with Crippen molar-refractivity contribution in [3.05, 3.63) is 73.1 Å². The highest BCUT2D eigenvalue weighted by Crippen LogP contribution is 2.46. The summed E-state index contributed by atoms with van der Waals surface area (Å²) in [6.07, 6.45) is 2.07. The molecule has 1 atom stereocenters. The molecule has 1 aromatic carbocycles. The number of unbranched alkanes of at least 4 members (excludes halogenated alkanes) is 1. The topological polar surface area (TPSA) is 87.4 Å². The first kappa shape index (κ1) is 19.7. The molecule has 0 saturated carbocycles. The average molecular weight is 428 g/mol. The molecule has 150 valence electrons. The van der Waals surface area contributed by atoms with E-state index in [9.17, 15) is 14.7 Å². The number of aromatic hydroxyl groups is 1. The van der Waals surface area contributed by atoms with Crippen molar-refractivity contribution >= 4 is 34.5 Å². The van der Waals surface area contributed by atoms with Crippen LogP contribution in [0, 0.1) is 0 Å². The summed E-state index contributed by atoms with van der Waals surface area (Å²) in [5, 5.41) is 12.9. The first-order valence-corrected chi connectivity index (χ1v) is 11.3. The maximum atomic E-state index is 12.7. The SMILES string of the molecule is CCCCn1c(O)c(C2=Nc3ccccc3S[C@@H](c3cccs3)C2)c(=O)[nH]c1=O. The largest absolute Gasteiger partial charge is 0.494 e. The first-order valence-electron chi connectivity index (χ1n) is 9.51. The summed E-state index contributed by atoms with van der Waals surface area (Å²) in [6, 6.07) is 11.9. The molecular weight excluding hydrogens is 406 g/mol. The summed E-state index contributed by atoms with van der Waals surface area (Å²) in [7, 11) is 0. The van der Waals surface area contributed by atoms with E-state index in [0.29, 0.717) is 18.7 Å². The van der Waals surface area contributed by atoms with Gasteiger partial charge in [-0.1, -0.05) is 31.5 Å². The zero-order valence-corrected chi connectivity index (χ0v) is 17.6. The maximum absolute atomic E-state index is 12.7. The summed E-state index contributed by atoms with van der Waals surface area (Å²) in [6.45, 7) is 2.35. The Kier molecular flexibility index (Phi) is 5.73. The van der Waals surface area contributed by atoms with Gasteiger partial charge in [0.1, 0.15) is 5.56 Å². The Hall–Kier alpha value is -2.58. The van der Waals surface area contributed by atoms with Gasteiger partial charge in [-0.05, 0) is 30.0 Å². The predicted octanol–water partition coefficient (Wildman–Crippen LogP) is 4.46. The Balaban J connectivity index is 1.88. The van der Waals surface area contributed by atoms with Crippen LogP contribution in [0.4, 0.5) is 5.69 Å². The standard InChI is InChI=1S/C21H21N3O3S2/c1-2-3-10-24-20(26)18(19(25)23-21(24)27)14-12-17(16-9-6-11-28-16)29-15-8-5-4-7-13(15)22-14/h4-9,11,17,26H,2-3,10,12H2,1H3,(H,23,25,27)/t17-/m1/s1. The maximum Gasteiger partial charge on any atom is 0.331 e. The number of para-hydroxylation sites is 1. The second-order valence-corrected chi connectivity index (χ2v) is 9.04. The smallest absolute Gasteiger partial charge is 0.331 e. The number of fused-ring (bicyclic) bond motifs is 1. The van der Waals surface area contributed by atoms with Gasteiger partial charge in [-0.2, -0.15) is 0 Å². The second-order valence-electron chi connectivity index (χ2n) is 6.82. The van der Waals surface area contributed by atoms with Gasteiger partial charge >= 0.3 is 5.69 Å². The molecule has 1 aliphatic heterocycles. The van der Waals surface area contributed by atoms with Crippen molar-refractivity contribution in [3.8, 4) is 5.88 Å². The van der Waals surface area contributed by atoms with Crippen LogP contribution in [-0.4, -0.2) is 20.4 Å². The van der Waals surface area contributed by atoms with Crippen molar-refractivity contribution in [2.75, 3.05) is 0 Å². The van der Waals surface area contributed by atoms with E-state index >= 15 is 0 Å². The minimum atomic E-state index is -0.603. The van der Waals surface area contributed by atoms with Gasteiger partial charge in [0.05, 0.1) is 11.4 Å². The second kappa shape index (κ2) is 8.42. The molecule has 1 aliphatic rings. The third-order valence-corrected chi connectivity index (χ3v) is 7.26. The Morgan fingerprint density at radius 2 is 2.07 bits per heavy atom. The number of nitrogens with zero attached hydrogens (tertiary/aromatic N) is 2. The van der Waals surface area contributed by atoms with Gasteiger partial charge in [-0.25, -0.2) is 4.79 Å². The number of hydrogen-bond donors (Lipinski definition) is 2. The summed E-state index contributed by atoms with van der Waals surface area (Å²) >= 11 is 3.36. The number of thiophene rings is 1. The Morgan fingerprint density at radius 3 is 2.83 bits per heavy atom. The van der Waals surface area contributed by atoms with Crippen LogP contribution in [0.15, 0.2) is 61.3 Å². The van der Waals surface area contributed by atoms with Crippen molar-refractivity contribution in [3.63, 3.8) is 0 Å². The van der Waals surface area contributed by atoms with E-state index in [0.717, 1.165) is 23.4 Å². The lowest BCUT2D eigenvalue weighted by Gasteiger charge is -2.15. The molecule has 3 heterocycles. The quantitative estimate of drug-likeness (QED) is 0.629. The molecule has 8 heteroatoms. The molecule has 29 heavy (non-hydrogen) atoms. The summed E-state index contributed by atoms with van der Waals surface area (Å²) in [4.78, 5) is 34.2. The number of hydrogen-bond acceptors (Lipinski definition) is 6. The van der Waals surface area contributed by atoms with Gasteiger partial charge in [0.15, 0.2) is 0 Å². The summed E-state index contributed by atoms with van der Waals surface area (Å²) in [5.41, 5.74) is 0.137. The average Bonchev–Trinajstić information content (AvgIpc) is 3.16. The summed E-state index contributed by atoms with van der Waals surface area (Å²) in [5.74, 6) is -0.305. The summed E-state index contributed by atoms with van der Waals surface area (Å²) < 4.78 is 1.23. The van der Waals surface area contributed by atoms with Gasteiger partial charge in [-0.15, -0.1) is 23.1 Å². The zero-order valence-electron chi connectivity index (χ0n) is 15.9. The highest BCUT2D eigenvalue weighted by atomic mass is 32.2. The lowest BCUT2D eigenvalue weighted by Crippen LogP contribution is -2.34. The van der Waals surface area contributed by atoms with Crippen molar-refractivity contribution in [2.24, 2.45) is 4.99 Å². The van der Waals surface area contributed by atoms with E-state index in [2.05, 4.69) is 11.1 Å². The lowest BCUT2D eigenvalue weighted by molar-refractivity contribution is 0.394. The molecule has 0 unspecified atom stereocenters. The highest BCUT2D eigenvalue weighted by Gasteiger charge is 2.27. The third kappa shape index (κ3) is 3.95. The van der Waals surface area contributed by atoms with E-state index < -0.39 is 11.2 Å². The fraction of sp³-hybridized carbons (Fsp3) is 0.286. The van der Waals surface area contributed by atoms with Crippen LogP contribution in [0.5, 0.6) is 5.88 Å². The van der Waals surface area contributed by atoms with Gasteiger partial charge < -0.3 is 5.11 Å². The minimum Gasteiger partial charge on any atom is -0.494 e. The normalized spacial score (nSPS) is 16.2. The number of H-pyrrole nitrogens is 1. The van der Waals surface area contributed by atoms with Crippen molar-refractivity contribution in [1.29, 1.82) is 0 Å². The van der Waals surface area contributed by atoms with Crippen LogP contribution in [0.1, 0.15) is 41.9 Å². The Morgan fingerprint density at radius 1 is 1.24 bits per heavy atom. The van der Waals surface area contributed by atoms with E-state index in [1.54, 1.807) is 23.1 Å². The number of thioether (sulfide) groups is 1. The molecule has 0 aliphatic carbocycles. The predicted molar refractivity (Wildman–Crippen MR) is 118 cm³/mol. The fourth-order valence-corrected chi connectivity index (χ4v) is 5.50. The molecule has 0 bridgehead atoms. The molecule has 2 aromatic heterocycles. The number of nitrogens with one attached hydrogen (secondary N) is 1. The molecule has 0 radical (unpaired) electrons. The van der Waals surface area contributed by atoms with E-state index in [-0.39, 0.29) is 16.7 Å². The Labute approximate surface area is 176 Å². The fourth-order valence-electron chi connectivity index (χ4n) is 3.35. The molecule has 2 N–H and O–H groups in total. The lowest BCUT2D eigenvalue weighted by atomic mass is 10.1. The molecule has 0 saturated heterocycles. The third-order valence-electron chi connectivity index (χ3n) is 4.82. The minimum absolute atomic E-state index is 0.0622. The number of aromatic nitrogens is 2. The number of aliphatic imine (C=N–C) groups is 1. The zero-order chi connectivity index (χ0) is 20.4. The van der Waals surface area contributed by atoms with E-state index in [1.165, 1.54) is 9.44 Å². The Bertz CT molecular complexity index is 1160. The van der Waals surface area contributed by atoms with Crippen molar-refractivity contribution in [1.82, 2.24) is 9.55 Å². The van der Waals surface area contributed by atoms with Gasteiger partial charge in [0.2, 0.25) is 5.88 Å². The van der Waals surface area contributed by atoms with E-state index in [4.69, 9.17) is 4.99 Å². The first-order chi connectivity index (χ1) is 14.1. The van der Waals surface area contributed by atoms with Crippen LogP contribution in [0.25, 0.3) is 0 Å². The molecule has 0 spiro atoms. The molecular formula is C21H21N3O3S2. The monoisotopic (exact) mass is 427 g/mol. The van der Waals surface area contributed by atoms with E-state index in [1.807, 2.05) is 42.6 Å². The van der Waals surface area contributed by atoms with Crippen LogP contribution in [0.2, 0.25) is 0 Å². The van der Waals surface area contributed by atoms with Crippen molar-refractivity contribution < 1.29 is 5.11 Å². The molecule has 0 amide bonds. The van der Waals surface area contributed by atoms with Crippen LogP contribution in [-0.2, 0) is 6.54 Å². The number of rotatable bonds is 5. The van der Waals surface area contributed by atoms with Crippen LogP contribution < -0.4 is 11.2 Å². The van der Waals surface area contributed by atoms with Gasteiger partial charge in [0, 0.05) is 28.0 Å². The molecule has 4 rings (SSSR count). The molecule has 0 fully saturated rings. The van der Waals surface area contributed by atoms with Gasteiger partial charge in [-0.3, -0.25) is 19.3 Å². The molecule has 6 nitrogen and oxygen atoms in total. The number of benzene rings is 1. The number of aromatic amines is 1. The highest BCUT2D eigenvalue weighted by molar-refractivity contribution is 7.99. The van der Waals surface area contributed by atoms with Crippen molar-refractivity contribution in [2.45, 2.75) is 42.9 Å².